The molecule has 0 aliphatic heterocycles. The van der Waals surface area contributed by atoms with Gasteiger partial charge in [0.1, 0.15) is 0 Å². The molecule has 0 aromatic carbocycles. The van der Waals surface area contributed by atoms with Gasteiger partial charge in [0, 0.05) is 17.5 Å². The first-order valence-corrected chi connectivity index (χ1v) is 6.80. The van der Waals surface area contributed by atoms with Crippen LogP contribution in [0.5, 0.6) is 0 Å². The molecule has 0 unspecified atom stereocenters. The molecule has 0 atom stereocenters. The molecule has 7 heteroatoms. The normalized spacial score (nSPS) is 11.2. The Morgan fingerprint density at radius 1 is 1.47 bits per heavy atom. The molecule has 1 aromatic rings. The third-order valence-electron chi connectivity index (χ3n) is 2.44. The number of carboxylic acids is 1. The number of rotatable bonds is 4. The Hall–Kier alpha value is -1.63. The number of carbonyl (C=O) groups excluding carboxylic acids is 1. The van der Waals surface area contributed by atoms with Crippen LogP contribution in [0.2, 0.25) is 0 Å². The summed E-state index contributed by atoms with van der Waals surface area (Å²) in [7, 11) is 0. The number of aliphatic carboxylic acids is 1. The summed E-state index contributed by atoms with van der Waals surface area (Å²) in [4.78, 5) is 28.5. The van der Waals surface area contributed by atoms with Crippen LogP contribution in [-0.2, 0) is 4.79 Å². The minimum Gasteiger partial charge on any atom is -0.481 e. The van der Waals surface area contributed by atoms with Crippen molar-refractivity contribution in [3.8, 4) is 0 Å². The standard InChI is InChI=1S/C12H19N3O3S/c1-8-7-19-10(13-8)14-11(18)15(12(2,3)4)6-5-9(16)17/h7H,5-6H2,1-4H3,(H,16,17)(H,13,14,18). The fraction of sp³-hybridized carbons (Fsp3) is 0.583. The first kappa shape index (κ1) is 15.4. The molecule has 0 saturated heterocycles. The third kappa shape index (κ3) is 4.86. The smallest absolute Gasteiger partial charge is 0.324 e. The van der Waals surface area contributed by atoms with E-state index in [4.69, 9.17) is 5.11 Å². The van der Waals surface area contributed by atoms with Crippen molar-refractivity contribution in [2.45, 2.75) is 39.7 Å². The highest BCUT2D eigenvalue weighted by molar-refractivity contribution is 7.13. The van der Waals surface area contributed by atoms with Crippen LogP contribution in [0.4, 0.5) is 9.93 Å². The number of urea groups is 1. The topological polar surface area (TPSA) is 82.5 Å². The number of nitrogens with zero attached hydrogens (tertiary/aromatic N) is 2. The predicted molar refractivity (Wildman–Crippen MR) is 74.6 cm³/mol. The van der Waals surface area contributed by atoms with Crippen LogP contribution >= 0.6 is 11.3 Å². The summed E-state index contributed by atoms with van der Waals surface area (Å²) in [5.74, 6) is -0.924. The Bertz CT molecular complexity index is 465. The zero-order valence-corrected chi connectivity index (χ0v) is 12.4. The second kappa shape index (κ2) is 6.01. The first-order valence-electron chi connectivity index (χ1n) is 5.92. The minimum atomic E-state index is -0.924. The number of aromatic nitrogens is 1. The van der Waals surface area contributed by atoms with Crippen LogP contribution in [-0.4, -0.2) is 39.1 Å². The lowest BCUT2D eigenvalue weighted by molar-refractivity contribution is -0.137. The van der Waals surface area contributed by atoms with Crippen molar-refractivity contribution in [1.82, 2.24) is 9.88 Å². The molecule has 1 rings (SSSR count). The molecule has 1 heterocycles. The van der Waals surface area contributed by atoms with Gasteiger partial charge in [0.15, 0.2) is 5.13 Å². The number of carboxylic acid groups (broad SMARTS) is 1. The van der Waals surface area contributed by atoms with Gasteiger partial charge in [0.25, 0.3) is 0 Å². The fourth-order valence-corrected chi connectivity index (χ4v) is 2.20. The van der Waals surface area contributed by atoms with Gasteiger partial charge in [-0.2, -0.15) is 0 Å². The van der Waals surface area contributed by atoms with Crippen molar-refractivity contribution in [3.05, 3.63) is 11.1 Å². The van der Waals surface area contributed by atoms with E-state index >= 15 is 0 Å². The molecule has 1 aromatic heterocycles. The average molecular weight is 285 g/mol. The van der Waals surface area contributed by atoms with Gasteiger partial charge in [-0.1, -0.05) is 0 Å². The van der Waals surface area contributed by atoms with Gasteiger partial charge >= 0.3 is 12.0 Å². The van der Waals surface area contributed by atoms with Crippen LogP contribution in [0.15, 0.2) is 5.38 Å². The Morgan fingerprint density at radius 2 is 2.11 bits per heavy atom. The Kier molecular flexibility index (Phi) is 4.88. The third-order valence-corrected chi connectivity index (χ3v) is 3.31. The summed E-state index contributed by atoms with van der Waals surface area (Å²) in [6.45, 7) is 7.59. The minimum absolute atomic E-state index is 0.0818. The Labute approximate surface area is 116 Å². The van der Waals surface area contributed by atoms with E-state index in [1.807, 2.05) is 33.1 Å². The summed E-state index contributed by atoms with van der Waals surface area (Å²) in [6.07, 6.45) is -0.0818. The summed E-state index contributed by atoms with van der Waals surface area (Å²) in [5, 5.41) is 13.8. The molecule has 0 aliphatic rings. The van der Waals surface area contributed by atoms with Crippen LogP contribution in [0, 0.1) is 6.92 Å². The maximum absolute atomic E-state index is 12.2. The maximum atomic E-state index is 12.2. The van der Waals surface area contributed by atoms with Gasteiger partial charge in [-0.25, -0.2) is 9.78 Å². The lowest BCUT2D eigenvalue weighted by Crippen LogP contribution is -2.48. The number of thiazole rings is 1. The van der Waals surface area contributed by atoms with Gasteiger partial charge in [0.2, 0.25) is 0 Å². The van der Waals surface area contributed by atoms with Crippen LogP contribution < -0.4 is 5.32 Å². The molecule has 19 heavy (non-hydrogen) atoms. The summed E-state index contributed by atoms with van der Waals surface area (Å²) < 4.78 is 0. The van der Waals surface area contributed by atoms with Gasteiger partial charge < -0.3 is 10.0 Å². The SMILES string of the molecule is Cc1csc(NC(=O)N(CCC(=O)O)C(C)(C)C)n1. The molecule has 0 fully saturated rings. The van der Waals surface area contributed by atoms with Crippen molar-refractivity contribution >= 4 is 28.5 Å². The molecule has 2 N–H and O–H groups in total. The van der Waals surface area contributed by atoms with E-state index < -0.39 is 11.5 Å². The maximum Gasteiger partial charge on any atom is 0.324 e. The molecule has 0 aliphatic carbocycles. The monoisotopic (exact) mass is 285 g/mol. The van der Waals surface area contributed by atoms with E-state index in [1.165, 1.54) is 16.2 Å². The van der Waals surface area contributed by atoms with Crippen molar-refractivity contribution in [2.75, 3.05) is 11.9 Å². The van der Waals surface area contributed by atoms with Gasteiger partial charge in [-0.15, -0.1) is 11.3 Å². The van der Waals surface area contributed by atoms with E-state index in [1.54, 1.807) is 0 Å². The fourth-order valence-electron chi connectivity index (χ4n) is 1.52. The quantitative estimate of drug-likeness (QED) is 0.890. The van der Waals surface area contributed by atoms with Crippen molar-refractivity contribution in [1.29, 1.82) is 0 Å². The predicted octanol–water partition coefficient (Wildman–Crippen LogP) is 2.56. The molecule has 2 amide bonds. The molecule has 106 valence electrons. The summed E-state index contributed by atoms with van der Waals surface area (Å²) in [5.41, 5.74) is 0.388. The van der Waals surface area contributed by atoms with Gasteiger partial charge in [-0.3, -0.25) is 10.1 Å². The highest BCUT2D eigenvalue weighted by Gasteiger charge is 2.27. The van der Waals surface area contributed by atoms with Gasteiger partial charge in [-0.05, 0) is 27.7 Å². The number of nitrogens with one attached hydrogen (secondary N) is 1. The number of hydrogen-bond donors (Lipinski definition) is 2. The zero-order valence-electron chi connectivity index (χ0n) is 11.6. The second-order valence-corrected chi connectivity index (χ2v) is 6.05. The number of amides is 2. The number of anilines is 1. The largest absolute Gasteiger partial charge is 0.481 e. The van der Waals surface area contributed by atoms with E-state index in [-0.39, 0.29) is 19.0 Å². The van der Waals surface area contributed by atoms with Crippen LogP contribution in [0.1, 0.15) is 32.9 Å². The second-order valence-electron chi connectivity index (χ2n) is 5.19. The Balaban J connectivity index is 2.74. The number of hydrogen-bond acceptors (Lipinski definition) is 4. The highest BCUT2D eigenvalue weighted by Crippen LogP contribution is 2.19. The molecule has 0 saturated carbocycles. The van der Waals surface area contributed by atoms with Crippen molar-refractivity contribution < 1.29 is 14.7 Å². The molecule has 0 spiro atoms. The zero-order chi connectivity index (χ0) is 14.6. The molecule has 6 nitrogen and oxygen atoms in total. The highest BCUT2D eigenvalue weighted by atomic mass is 32.1. The van der Waals surface area contributed by atoms with E-state index in [9.17, 15) is 9.59 Å². The van der Waals surface area contributed by atoms with Crippen molar-refractivity contribution in [3.63, 3.8) is 0 Å². The lowest BCUT2D eigenvalue weighted by Gasteiger charge is -2.35. The number of aryl methyl sites for hydroxylation is 1. The van der Waals surface area contributed by atoms with E-state index in [0.717, 1.165) is 5.69 Å². The molecular formula is C12H19N3O3S. The first-order chi connectivity index (χ1) is 8.70. The van der Waals surface area contributed by atoms with Crippen LogP contribution in [0.25, 0.3) is 0 Å². The van der Waals surface area contributed by atoms with Crippen LogP contribution in [0.3, 0.4) is 0 Å². The summed E-state index contributed by atoms with van der Waals surface area (Å²) in [6, 6.07) is -0.330. The number of carbonyl (C=O) groups is 2. The van der Waals surface area contributed by atoms with Gasteiger partial charge in [0.05, 0.1) is 12.1 Å². The molecular weight excluding hydrogens is 266 g/mol. The summed E-state index contributed by atoms with van der Waals surface area (Å²) >= 11 is 1.34. The lowest BCUT2D eigenvalue weighted by atomic mass is 10.1. The van der Waals surface area contributed by atoms with Crippen molar-refractivity contribution in [2.24, 2.45) is 0 Å². The molecule has 0 radical (unpaired) electrons. The average Bonchev–Trinajstić information content (AvgIpc) is 2.61. The van der Waals surface area contributed by atoms with E-state index in [0.29, 0.717) is 5.13 Å². The van der Waals surface area contributed by atoms with E-state index in [2.05, 4.69) is 10.3 Å². The Morgan fingerprint density at radius 3 is 2.53 bits per heavy atom. The molecule has 0 bridgehead atoms.